The number of nitrogens with zero attached hydrogens (tertiary/aromatic N) is 4. The fourth-order valence-electron chi connectivity index (χ4n) is 1.96. The van der Waals surface area contributed by atoms with Crippen LogP contribution in [0.2, 0.25) is 0 Å². The molecule has 23 heavy (non-hydrogen) atoms. The van der Waals surface area contributed by atoms with Crippen molar-refractivity contribution in [2.24, 2.45) is 0 Å². The van der Waals surface area contributed by atoms with Crippen molar-refractivity contribution in [3.63, 3.8) is 0 Å². The lowest BCUT2D eigenvalue weighted by Gasteiger charge is -2.16. The number of alkyl halides is 3. The first-order valence-corrected chi connectivity index (χ1v) is 6.92. The summed E-state index contributed by atoms with van der Waals surface area (Å²) in [4.78, 5) is 13.7. The number of amides is 1. The lowest BCUT2D eigenvalue weighted by Crippen LogP contribution is -2.34. The van der Waals surface area contributed by atoms with Crippen molar-refractivity contribution < 1.29 is 22.7 Å². The van der Waals surface area contributed by atoms with Crippen molar-refractivity contribution in [1.29, 1.82) is 0 Å². The Kier molecular flexibility index (Phi) is 4.87. The second kappa shape index (κ2) is 6.67. The fraction of sp³-hybridized carbons (Fsp3) is 0.357. The number of ether oxygens (including phenoxy) is 1. The lowest BCUT2D eigenvalue weighted by atomic mass is 10.2. The van der Waals surface area contributed by atoms with Crippen molar-refractivity contribution in [3.05, 3.63) is 30.5 Å². The maximum absolute atomic E-state index is 12.1. The van der Waals surface area contributed by atoms with Crippen LogP contribution < -0.4 is 4.74 Å². The molecule has 124 valence electrons. The van der Waals surface area contributed by atoms with Gasteiger partial charge in [-0.2, -0.15) is 4.68 Å². The molecule has 0 radical (unpaired) electrons. The number of hydrogen-bond donors (Lipinski definition) is 0. The first-order chi connectivity index (χ1) is 10.8. The summed E-state index contributed by atoms with van der Waals surface area (Å²) in [5.41, 5.74) is 0.905. The van der Waals surface area contributed by atoms with Crippen LogP contribution in [0.1, 0.15) is 13.8 Å². The van der Waals surface area contributed by atoms with Crippen LogP contribution in [-0.4, -0.2) is 45.4 Å². The maximum Gasteiger partial charge on any atom is 0.573 e. The predicted molar refractivity (Wildman–Crippen MR) is 75.9 cm³/mol. The van der Waals surface area contributed by atoms with Crippen LogP contribution in [0.3, 0.4) is 0 Å². The van der Waals surface area contributed by atoms with Gasteiger partial charge in [0.1, 0.15) is 11.4 Å². The van der Waals surface area contributed by atoms with Crippen LogP contribution in [-0.2, 0) is 0 Å². The van der Waals surface area contributed by atoms with Crippen molar-refractivity contribution in [3.8, 4) is 17.0 Å². The molecule has 1 aromatic heterocycles. The van der Waals surface area contributed by atoms with Gasteiger partial charge in [-0.25, -0.2) is 4.79 Å². The van der Waals surface area contributed by atoms with Crippen molar-refractivity contribution >= 4 is 6.03 Å². The van der Waals surface area contributed by atoms with Crippen LogP contribution in [0.5, 0.6) is 5.75 Å². The van der Waals surface area contributed by atoms with E-state index in [0.29, 0.717) is 24.3 Å². The number of carbonyl (C=O) groups excluding carboxylic acids is 1. The highest BCUT2D eigenvalue weighted by molar-refractivity contribution is 5.76. The minimum absolute atomic E-state index is 0.314. The summed E-state index contributed by atoms with van der Waals surface area (Å²) in [6, 6.07) is 4.86. The molecule has 1 heterocycles. The molecule has 0 saturated heterocycles. The molecule has 0 aliphatic rings. The van der Waals surface area contributed by atoms with Crippen molar-refractivity contribution in [2.45, 2.75) is 20.2 Å². The quantitative estimate of drug-likeness (QED) is 0.865. The first kappa shape index (κ1) is 16.8. The molecule has 0 aliphatic heterocycles. The molecule has 0 bridgehead atoms. The van der Waals surface area contributed by atoms with Crippen molar-refractivity contribution in [2.75, 3.05) is 13.1 Å². The largest absolute Gasteiger partial charge is 0.573 e. The van der Waals surface area contributed by atoms with E-state index >= 15 is 0 Å². The molecule has 2 rings (SSSR count). The number of benzene rings is 1. The summed E-state index contributed by atoms with van der Waals surface area (Å²) in [5, 5.41) is 7.62. The zero-order valence-corrected chi connectivity index (χ0v) is 12.5. The highest BCUT2D eigenvalue weighted by Crippen LogP contribution is 2.25. The van der Waals surface area contributed by atoms with Gasteiger partial charge in [0.15, 0.2) is 0 Å². The lowest BCUT2D eigenvalue weighted by molar-refractivity contribution is -0.274. The van der Waals surface area contributed by atoms with Crippen LogP contribution in [0.25, 0.3) is 11.3 Å². The summed E-state index contributed by atoms with van der Waals surface area (Å²) >= 11 is 0. The zero-order valence-electron chi connectivity index (χ0n) is 12.5. The molecule has 6 nitrogen and oxygen atoms in total. The second-order valence-electron chi connectivity index (χ2n) is 4.58. The Bertz CT molecular complexity index is 663. The topological polar surface area (TPSA) is 60.2 Å². The van der Waals surface area contributed by atoms with Gasteiger partial charge >= 0.3 is 12.4 Å². The molecule has 2 aromatic rings. The van der Waals surface area contributed by atoms with E-state index in [1.54, 1.807) is 4.90 Å². The Morgan fingerprint density at radius 3 is 2.35 bits per heavy atom. The van der Waals surface area contributed by atoms with Crippen LogP contribution >= 0.6 is 0 Å². The minimum atomic E-state index is -4.74. The van der Waals surface area contributed by atoms with E-state index in [4.69, 9.17) is 0 Å². The van der Waals surface area contributed by atoms with Gasteiger partial charge in [-0.15, -0.1) is 18.3 Å². The minimum Gasteiger partial charge on any atom is -0.406 e. The van der Waals surface area contributed by atoms with Gasteiger partial charge in [-0.1, -0.05) is 5.21 Å². The van der Waals surface area contributed by atoms with Gasteiger partial charge in [0.2, 0.25) is 0 Å². The molecule has 0 unspecified atom stereocenters. The summed E-state index contributed by atoms with van der Waals surface area (Å²) in [6.45, 7) is 4.76. The number of halogens is 3. The molecule has 0 saturated carbocycles. The summed E-state index contributed by atoms with van der Waals surface area (Å²) < 4.78 is 41.2. The molecule has 0 N–H and O–H groups in total. The third-order valence-corrected chi connectivity index (χ3v) is 3.11. The van der Waals surface area contributed by atoms with E-state index in [9.17, 15) is 18.0 Å². The van der Waals surface area contributed by atoms with Gasteiger partial charge in [0, 0.05) is 18.7 Å². The summed E-state index contributed by atoms with van der Waals surface area (Å²) in [6.07, 6.45) is -3.30. The zero-order chi connectivity index (χ0) is 17.0. The standard InChI is InChI=1S/C14H15F3N4O2/c1-3-20(4-2)13(22)21-9-12(18-19-21)10-5-7-11(8-6-10)23-14(15,16)17/h5-9H,3-4H2,1-2H3. The molecule has 1 amide bonds. The average Bonchev–Trinajstić information content (AvgIpc) is 2.97. The van der Waals surface area contributed by atoms with Gasteiger partial charge in [-0.3, -0.25) is 0 Å². The summed E-state index contributed by atoms with van der Waals surface area (Å²) in [5.74, 6) is -0.326. The molecule has 9 heteroatoms. The Morgan fingerprint density at radius 2 is 1.83 bits per heavy atom. The number of carbonyl (C=O) groups is 1. The summed E-state index contributed by atoms with van der Waals surface area (Å²) in [7, 11) is 0. The monoisotopic (exact) mass is 328 g/mol. The van der Waals surface area contributed by atoms with E-state index < -0.39 is 6.36 Å². The molecular weight excluding hydrogens is 313 g/mol. The molecular formula is C14H15F3N4O2. The molecule has 1 aromatic carbocycles. The van der Waals surface area contributed by atoms with Gasteiger partial charge < -0.3 is 9.64 Å². The Morgan fingerprint density at radius 1 is 1.22 bits per heavy atom. The third kappa shape index (κ3) is 4.21. The molecule has 0 fully saturated rings. The van der Waals surface area contributed by atoms with E-state index in [-0.39, 0.29) is 11.8 Å². The van der Waals surface area contributed by atoms with Gasteiger partial charge in [0.25, 0.3) is 0 Å². The molecule has 0 spiro atoms. The van der Waals surface area contributed by atoms with E-state index in [1.807, 2.05) is 13.8 Å². The maximum atomic E-state index is 12.1. The van der Waals surface area contributed by atoms with Crippen LogP contribution in [0, 0.1) is 0 Å². The van der Waals surface area contributed by atoms with Crippen LogP contribution in [0.15, 0.2) is 30.5 Å². The normalized spacial score (nSPS) is 11.3. The van der Waals surface area contributed by atoms with E-state index in [1.165, 1.54) is 30.5 Å². The highest BCUT2D eigenvalue weighted by atomic mass is 19.4. The smallest absolute Gasteiger partial charge is 0.406 e. The van der Waals surface area contributed by atoms with E-state index in [2.05, 4.69) is 15.0 Å². The Hall–Kier alpha value is -2.58. The van der Waals surface area contributed by atoms with E-state index in [0.717, 1.165) is 4.68 Å². The van der Waals surface area contributed by atoms with Crippen molar-refractivity contribution in [1.82, 2.24) is 19.9 Å². The molecule has 0 atom stereocenters. The van der Waals surface area contributed by atoms with Gasteiger partial charge in [0.05, 0.1) is 6.20 Å². The average molecular weight is 328 g/mol. The number of rotatable bonds is 4. The predicted octanol–water partition coefficient (Wildman–Crippen LogP) is 3.15. The Balaban J connectivity index is 2.16. The fourth-order valence-corrected chi connectivity index (χ4v) is 1.96. The molecule has 0 aliphatic carbocycles. The number of hydrogen-bond acceptors (Lipinski definition) is 4. The third-order valence-electron chi connectivity index (χ3n) is 3.11. The first-order valence-electron chi connectivity index (χ1n) is 6.92. The number of aromatic nitrogens is 3. The Labute approximate surface area is 130 Å². The van der Waals surface area contributed by atoms with Crippen LogP contribution in [0.4, 0.5) is 18.0 Å². The highest BCUT2D eigenvalue weighted by Gasteiger charge is 2.31. The van der Waals surface area contributed by atoms with Gasteiger partial charge in [-0.05, 0) is 38.1 Å². The second-order valence-corrected chi connectivity index (χ2v) is 4.58. The SMILES string of the molecule is CCN(CC)C(=O)n1cc(-c2ccc(OC(F)(F)F)cc2)nn1.